The Bertz CT molecular complexity index is 756. The summed E-state index contributed by atoms with van der Waals surface area (Å²) in [6.45, 7) is 6.74. The van der Waals surface area contributed by atoms with Gasteiger partial charge < -0.3 is 15.4 Å². The number of nitrogens with one attached hydrogen (secondary N) is 2. The van der Waals surface area contributed by atoms with E-state index in [4.69, 9.17) is 4.74 Å². The Hall–Kier alpha value is -2.82. The Kier molecular flexibility index (Phi) is 6.57. The van der Waals surface area contributed by atoms with Crippen molar-refractivity contribution in [2.45, 2.75) is 27.2 Å². The highest BCUT2D eigenvalue weighted by Gasteiger charge is 2.08. The lowest BCUT2D eigenvalue weighted by atomic mass is 10.0. The first kappa shape index (κ1) is 18.5. The van der Waals surface area contributed by atoms with Crippen molar-refractivity contribution in [3.05, 3.63) is 64.7 Å². The molecule has 5 nitrogen and oxygen atoms in total. The van der Waals surface area contributed by atoms with Crippen molar-refractivity contribution in [1.82, 2.24) is 5.32 Å². The molecule has 5 heteroatoms. The molecule has 0 radical (unpaired) electrons. The van der Waals surface area contributed by atoms with Gasteiger partial charge in [-0.2, -0.15) is 0 Å². The van der Waals surface area contributed by atoms with Gasteiger partial charge in [0.25, 0.3) is 0 Å². The van der Waals surface area contributed by atoms with Crippen LogP contribution in [0.5, 0.6) is 0 Å². The van der Waals surface area contributed by atoms with Crippen molar-refractivity contribution in [2.24, 2.45) is 0 Å². The minimum absolute atomic E-state index is 0.300. The molecule has 0 bridgehead atoms. The molecule has 0 aliphatic carbocycles. The van der Waals surface area contributed by atoms with Gasteiger partial charge in [0.2, 0.25) is 0 Å². The smallest absolute Gasteiger partial charge is 0.338 e. The van der Waals surface area contributed by atoms with Crippen LogP contribution in [0.1, 0.15) is 34.0 Å². The van der Waals surface area contributed by atoms with Gasteiger partial charge in [-0.3, -0.25) is 0 Å². The lowest BCUT2D eigenvalue weighted by Gasteiger charge is -2.10. The number of urea groups is 1. The SMILES string of the molecule is CCOC(=O)c1cccc(NC(=O)NCCc2ccc(C)cc2C)c1. The van der Waals surface area contributed by atoms with E-state index in [0.29, 0.717) is 24.4 Å². The van der Waals surface area contributed by atoms with Gasteiger partial charge in [0.05, 0.1) is 12.2 Å². The molecular formula is C20H24N2O3. The van der Waals surface area contributed by atoms with E-state index in [-0.39, 0.29) is 6.03 Å². The summed E-state index contributed by atoms with van der Waals surface area (Å²) in [7, 11) is 0. The third-order valence-corrected chi connectivity index (χ3v) is 3.81. The van der Waals surface area contributed by atoms with Crippen LogP contribution in [0.3, 0.4) is 0 Å². The van der Waals surface area contributed by atoms with Gasteiger partial charge in [-0.1, -0.05) is 29.8 Å². The second-order valence-electron chi connectivity index (χ2n) is 5.86. The molecule has 0 fully saturated rings. The molecule has 2 aromatic carbocycles. The number of aryl methyl sites for hydroxylation is 2. The van der Waals surface area contributed by atoms with Gasteiger partial charge in [0, 0.05) is 12.2 Å². The lowest BCUT2D eigenvalue weighted by molar-refractivity contribution is 0.0526. The van der Waals surface area contributed by atoms with Crippen LogP contribution in [0.25, 0.3) is 0 Å². The van der Waals surface area contributed by atoms with E-state index >= 15 is 0 Å². The number of amides is 2. The number of hydrogen-bond acceptors (Lipinski definition) is 3. The van der Waals surface area contributed by atoms with Crippen LogP contribution in [0, 0.1) is 13.8 Å². The van der Waals surface area contributed by atoms with Gasteiger partial charge in [-0.05, 0) is 56.5 Å². The van der Waals surface area contributed by atoms with Crippen LogP contribution in [0.4, 0.5) is 10.5 Å². The Labute approximate surface area is 148 Å². The fourth-order valence-electron chi connectivity index (χ4n) is 2.55. The first-order valence-corrected chi connectivity index (χ1v) is 8.37. The summed E-state index contributed by atoms with van der Waals surface area (Å²) >= 11 is 0. The van der Waals surface area contributed by atoms with Gasteiger partial charge in [-0.25, -0.2) is 9.59 Å². The number of hydrogen-bond donors (Lipinski definition) is 2. The van der Waals surface area contributed by atoms with Crippen LogP contribution in [0.2, 0.25) is 0 Å². The summed E-state index contributed by atoms with van der Waals surface area (Å²) in [4.78, 5) is 23.7. The topological polar surface area (TPSA) is 67.4 Å². The molecule has 2 N–H and O–H groups in total. The first-order chi connectivity index (χ1) is 12.0. The molecule has 25 heavy (non-hydrogen) atoms. The predicted molar refractivity (Wildman–Crippen MR) is 99.0 cm³/mol. The maximum absolute atomic E-state index is 12.0. The highest BCUT2D eigenvalue weighted by molar-refractivity contribution is 5.93. The number of rotatable bonds is 6. The molecule has 0 unspecified atom stereocenters. The van der Waals surface area contributed by atoms with Crippen molar-refractivity contribution < 1.29 is 14.3 Å². The quantitative estimate of drug-likeness (QED) is 0.785. The molecule has 0 aliphatic rings. The van der Waals surface area contributed by atoms with E-state index in [2.05, 4.69) is 42.7 Å². The second kappa shape index (κ2) is 8.87. The Balaban J connectivity index is 1.86. The van der Waals surface area contributed by atoms with Gasteiger partial charge in [0.15, 0.2) is 0 Å². The van der Waals surface area contributed by atoms with Gasteiger partial charge in [0.1, 0.15) is 0 Å². The van der Waals surface area contributed by atoms with E-state index in [1.807, 2.05) is 0 Å². The predicted octanol–water partition coefficient (Wildman–Crippen LogP) is 3.84. The average molecular weight is 340 g/mol. The van der Waals surface area contributed by atoms with E-state index in [1.54, 1.807) is 31.2 Å². The van der Waals surface area contributed by atoms with Crippen molar-refractivity contribution in [1.29, 1.82) is 0 Å². The Morgan fingerprint density at radius 2 is 1.88 bits per heavy atom. The molecule has 0 heterocycles. The number of carbonyl (C=O) groups excluding carboxylic acids is 2. The van der Waals surface area contributed by atoms with E-state index in [0.717, 1.165) is 6.42 Å². The molecule has 0 aliphatic heterocycles. The number of carbonyl (C=O) groups is 2. The summed E-state index contributed by atoms with van der Waals surface area (Å²) in [5.41, 5.74) is 4.64. The standard InChI is InChI=1S/C20H24N2O3/c1-4-25-19(23)17-6-5-7-18(13-17)22-20(24)21-11-10-16-9-8-14(2)12-15(16)3/h5-9,12-13H,4,10-11H2,1-3H3,(H2,21,22,24). The first-order valence-electron chi connectivity index (χ1n) is 8.37. The van der Waals surface area contributed by atoms with Gasteiger partial charge in [-0.15, -0.1) is 0 Å². The van der Waals surface area contributed by atoms with Crippen molar-refractivity contribution in [3.63, 3.8) is 0 Å². The van der Waals surface area contributed by atoms with E-state index in [1.165, 1.54) is 16.7 Å². The average Bonchev–Trinajstić information content (AvgIpc) is 2.57. The summed E-state index contributed by atoms with van der Waals surface area (Å²) in [5, 5.41) is 5.56. The minimum atomic E-state index is -0.401. The fraction of sp³-hybridized carbons (Fsp3) is 0.300. The van der Waals surface area contributed by atoms with Crippen LogP contribution in [0.15, 0.2) is 42.5 Å². The molecule has 2 rings (SSSR count). The molecule has 0 spiro atoms. The molecule has 2 aromatic rings. The summed E-state index contributed by atoms with van der Waals surface area (Å²) < 4.78 is 4.95. The van der Waals surface area contributed by atoms with Crippen molar-refractivity contribution >= 4 is 17.7 Å². The molecule has 0 atom stereocenters. The number of ether oxygens (including phenoxy) is 1. The number of esters is 1. The summed E-state index contributed by atoms with van der Waals surface area (Å²) in [6, 6.07) is 12.7. The van der Waals surface area contributed by atoms with Crippen LogP contribution in [-0.4, -0.2) is 25.2 Å². The molecular weight excluding hydrogens is 316 g/mol. The summed E-state index contributed by atoms with van der Waals surface area (Å²) in [6.07, 6.45) is 0.766. The molecule has 0 aromatic heterocycles. The third kappa shape index (κ3) is 5.64. The van der Waals surface area contributed by atoms with E-state index in [9.17, 15) is 9.59 Å². The zero-order valence-corrected chi connectivity index (χ0v) is 14.9. The minimum Gasteiger partial charge on any atom is -0.462 e. The highest BCUT2D eigenvalue weighted by Crippen LogP contribution is 2.12. The number of benzene rings is 2. The van der Waals surface area contributed by atoms with Crippen LogP contribution in [-0.2, 0) is 11.2 Å². The molecule has 2 amide bonds. The normalized spacial score (nSPS) is 10.2. The Morgan fingerprint density at radius 1 is 1.08 bits per heavy atom. The van der Waals surface area contributed by atoms with Crippen LogP contribution >= 0.6 is 0 Å². The van der Waals surface area contributed by atoms with E-state index < -0.39 is 5.97 Å². The molecule has 0 saturated carbocycles. The van der Waals surface area contributed by atoms with Crippen LogP contribution < -0.4 is 10.6 Å². The Morgan fingerprint density at radius 3 is 2.60 bits per heavy atom. The molecule has 132 valence electrons. The second-order valence-corrected chi connectivity index (χ2v) is 5.86. The number of anilines is 1. The van der Waals surface area contributed by atoms with Crippen molar-refractivity contribution in [2.75, 3.05) is 18.5 Å². The zero-order valence-electron chi connectivity index (χ0n) is 14.9. The van der Waals surface area contributed by atoms with Crippen molar-refractivity contribution in [3.8, 4) is 0 Å². The third-order valence-electron chi connectivity index (χ3n) is 3.81. The maximum atomic E-state index is 12.0. The lowest BCUT2D eigenvalue weighted by Crippen LogP contribution is -2.30. The fourth-order valence-corrected chi connectivity index (χ4v) is 2.55. The maximum Gasteiger partial charge on any atom is 0.338 e. The highest BCUT2D eigenvalue weighted by atomic mass is 16.5. The van der Waals surface area contributed by atoms with Gasteiger partial charge >= 0.3 is 12.0 Å². The summed E-state index contributed by atoms with van der Waals surface area (Å²) in [5.74, 6) is -0.401. The zero-order chi connectivity index (χ0) is 18.2. The molecule has 0 saturated heterocycles. The monoisotopic (exact) mass is 340 g/mol. The largest absolute Gasteiger partial charge is 0.462 e.